The Hall–Kier alpha value is -2.27. The average molecular weight is 400 g/mol. The second-order valence-corrected chi connectivity index (χ2v) is 7.48. The molecule has 0 bridgehead atoms. The molecule has 1 saturated carbocycles. The Morgan fingerprint density at radius 3 is 2.80 bits per heavy atom. The summed E-state index contributed by atoms with van der Waals surface area (Å²) in [4.78, 5) is 14.2. The van der Waals surface area contributed by atoms with E-state index in [0.717, 1.165) is 32.6 Å². The van der Waals surface area contributed by atoms with Crippen LogP contribution in [0.5, 0.6) is 11.5 Å². The van der Waals surface area contributed by atoms with Crippen LogP contribution in [0.1, 0.15) is 35.4 Å². The van der Waals surface area contributed by atoms with Gasteiger partial charge in [0.1, 0.15) is 11.5 Å². The molecule has 4 rings (SSSR count). The van der Waals surface area contributed by atoms with Gasteiger partial charge >= 0.3 is 5.97 Å². The summed E-state index contributed by atoms with van der Waals surface area (Å²) in [5, 5.41) is 10.2. The number of aliphatic carboxylic acids is 1. The van der Waals surface area contributed by atoms with Gasteiger partial charge in [-0.05, 0) is 82.6 Å². The van der Waals surface area contributed by atoms with Crippen molar-refractivity contribution < 1.29 is 14.6 Å². The van der Waals surface area contributed by atoms with Crippen LogP contribution in [-0.4, -0.2) is 16.1 Å². The molecule has 1 aromatic heterocycles. The van der Waals surface area contributed by atoms with E-state index in [-0.39, 0.29) is 6.42 Å². The van der Waals surface area contributed by atoms with Gasteiger partial charge in [-0.25, -0.2) is 0 Å². The average Bonchev–Trinajstić information content (AvgIpc) is 3.30. The van der Waals surface area contributed by atoms with Crippen molar-refractivity contribution in [3.63, 3.8) is 0 Å². The van der Waals surface area contributed by atoms with Crippen LogP contribution in [0, 0.1) is 6.92 Å². The number of carboxylic acid groups (broad SMARTS) is 1. The number of benzene rings is 2. The molecule has 5 heteroatoms. The summed E-state index contributed by atoms with van der Waals surface area (Å²) in [6, 6.07) is 9.74. The number of aryl methyl sites for hydroxylation is 1. The first-order chi connectivity index (χ1) is 12.0. The number of fused-ring (bicyclic) bond motifs is 1. The molecule has 0 aliphatic heterocycles. The maximum atomic E-state index is 10.9. The van der Waals surface area contributed by atoms with E-state index in [1.54, 1.807) is 6.07 Å². The van der Waals surface area contributed by atoms with E-state index in [9.17, 15) is 4.79 Å². The van der Waals surface area contributed by atoms with Gasteiger partial charge in [0.15, 0.2) is 0 Å². The summed E-state index contributed by atoms with van der Waals surface area (Å²) in [6.45, 7) is 1.93. The van der Waals surface area contributed by atoms with Crippen LogP contribution in [0.2, 0.25) is 0 Å². The predicted molar refractivity (Wildman–Crippen MR) is 101 cm³/mol. The molecule has 1 aliphatic rings. The number of nitrogens with one attached hydrogen (secondary N) is 1. The molecule has 0 spiro atoms. The molecule has 25 heavy (non-hydrogen) atoms. The molecule has 1 fully saturated rings. The SMILES string of the molecule is Cc1cc(CC(=O)O)cc(Br)c1Oc1ccc2[nH]cc(C3CC3)c2c1. The van der Waals surface area contributed by atoms with Gasteiger partial charge in [0.2, 0.25) is 0 Å². The Morgan fingerprint density at radius 1 is 1.32 bits per heavy atom. The smallest absolute Gasteiger partial charge is 0.307 e. The quantitative estimate of drug-likeness (QED) is 0.592. The van der Waals surface area contributed by atoms with Crippen molar-refractivity contribution in [1.82, 2.24) is 4.98 Å². The number of carbonyl (C=O) groups is 1. The molecule has 0 radical (unpaired) electrons. The van der Waals surface area contributed by atoms with Crippen molar-refractivity contribution in [1.29, 1.82) is 0 Å². The highest BCUT2D eigenvalue weighted by atomic mass is 79.9. The van der Waals surface area contributed by atoms with Gasteiger partial charge < -0.3 is 14.8 Å². The molecule has 3 aromatic rings. The predicted octanol–water partition coefficient (Wildman–Crippen LogP) is 5.54. The lowest BCUT2D eigenvalue weighted by Crippen LogP contribution is -2.01. The van der Waals surface area contributed by atoms with Gasteiger partial charge in [0.25, 0.3) is 0 Å². The van der Waals surface area contributed by atoms with Crippen LogP contribution < -0.4 is 4.74 Å². The van der Waals surface area contributed by atoms with E-state index < -0.39 is 5.97 Å². The van der Waals surface area contributed by atoms with Crippen LogP contribution in [-0.2, 0) is 11.2 Å². The minimum Gasteiger partial charge on any atom is -0.481 e. The largest absolute Gasteiger partial charge is 0.481 e. The fourth-order valence-electron chi connectivity index (χ4n) is 3.24. The number of hydrogen-bond acceptors (Lipinski definition) is 2. The Balaban J connectivity index is 1.66. The van der Waals surface area contributed by atoms with E-state index in [4.69, 9.17) is 9.84 Å². The lowest BCUT2D eigenvalue weighted by atomic mass is 10.1. The number of ether oxygens (including phenoxy) is 1. The van der Waals surface area contributed by atoms with E-state index in [1.165, 1.54) is 23.8 Å². The van der Waals surface area contributed by atoms with Crippen LogP contribution in [0.3, 0.4) is 0 Å². The first kappa shape index (κ1) is 16.2. The Bertz CT molecular complexity index is 949. The molecule has 2 aromatic carbocycles. The molecule has 0 saturated heterocycles. The molecule has 0 amide bonds. The van der Waals surface area contributed by atoms with Crippen molar-refractivity contribution >= 4 is 32.8 Å². The number of aromatic nitrogens is 1. The van der Waals surface area contributed by atoms with Crippen LogP contribution in [0.4, 0.5) is 0 Å². The Labute approximate surface area is 153 Å². The first-order valence-electron chi connectivity index (χ1n) is 8.31. The van der Waals surface area contributed by atoms with Gasteiger partial charge in [0.05, 0.1) is 10.9 Å². The van der Waals surface area contributed by atoms with E-state index >= 15 is 0 Å². The topological polar surface area (TPSA) is 62.3 Å². The third kappa shape index (κ3) is 3.29. The van der Waals surface area contributed by atoms with E-state index in [2.05, 4.69) is 33.2 Å². The summed E-state index contributed by atoms with van der Waals surface area (Å²) >= 11 is 3.51. The standard InChI is InChI=1S/C20H18BrNO3/c1-11-6-12(8-19(23)24)7-17(21)20(11)25-14-4-5-18-15(9-14)16(10-22-18)13-2-3-13/h4-7,9-10,13,22H,2-3,8H2,1H3,(H,23,24). The summed E-state index contributed by atoms with van der Waals surface area (Å²) in [7, 11) is 0. The fourth-order valence-corrected chi connectivity index (χ4v) is 3.93. The monoisotopic (exact) mass is 399 g/mol. The van der Waals surface area contributed by atoms with Gasteiger partial charge in [-0.15, -0.1) is 0 Å². The zero-order valence-corrected chi connectivity index (χ0v) is 15.4. The fraction of sp³-hybridized carbons (Fsp3) is 0.250. The first-order valence-corrected chi connectivity index (χ1v) is 9.10. The van der Waals surface area contributed by atoms with Crippen molar-refractivity contribution in [2.75, 3.05) is 0 Å². The second-order valence-electron chi connectivity index (χ2n) is 6.62. The number of aromatic amines is 1. The molecule has 2 N–H and O–H groups in total. The van der Waals surface area contributed by atoms with E-state index in [1.807, 2.05) is 25.1 Å². The molecule has 128 valence electrons. The van der Waals surface area contributed by atoms with Gasteiger partial charge in [0, 0.05) is 17.1 Å². The minimum atomic E-state index is -0.842. The van der Waals surface area contributed by atoms with E-state index in [0.29, 0.717) is 5.92 Å². The van der Waals surface area contributed by atoms with Crippen LogP contribution in [0.15, 0.2) is 41.0 Å². The lowest BCUT2D eigenvalue weighted by Gasteiger charge is -2.13. The maximum Gasteiger partial charge on any atom is 0.307 e. The summed E-state index contributed by atoms with van der Waals surface area (Å²) < 4.78 is 6.89. The van der Waals surface area contributed by atoms with Crippen molar-refractivity contribution in [3.05, 3.63) is 57.7 Å². The maximum absolute atomic E-state index is 10.9. The Kier molecular flexibility index (Phi) is 4.04. The second kappa shape index (κ2) is 6.23. The van der Waals surface area contributed by atoms with Gasteiger partial charge in [-0.3, -0.25) is 4.79 Å². The minimum absolute atomic E-state index is 0.000221. The van der Waals surface area contributed by atoms with Gasteiger partial charge in [-0.1, -0.05) is 6.07 Å². The van der Waals surface area contributed by atoms with Crippen molar-refractivity contribution in [2.24, 2.45) is 0 Å². The number of carboxylic acids is 1. The van der Waals surface area contributed by atoms with Crippen LogP contribution >= 0.6 is 15.9 Å². The molecule has 0 atom stereocenters. The lowest BCUT2D eigenvalue weighted by molar-refractivity contribution is -0.136. The molecule has 1 aliphatic carbocycles. The van der Waals surface area contributed by atoms with Gasteiger partial charge in [-0.2, -0.15) is 0 Å². The normalized spacial score (nSPS) is 14.0. The van der Waals surface area contributed by atoms with Crippen molar-refractivity contribution in [3.8, 4) is 11.5 Å². The van der Waals surface area contributed by atoms with Crippen molar-refractivity contribution in [2.45, 2.75) is 32.1 Å². The number of halogens is 1. The third-order valence-corrected chi connectivity index (χ3v) is 5.16. The number of H-pyrrole nitrogens is 1. The zero-order chi connectivity index (χ0) is 17.6. The summed E-state index contributed by atoms with van der Waals surface area (Å²) in [6.07, 6.45) is 4.62. The highest BCUT2D eigenvalue weighted by Gasteiger charge is 2.26. The zero-order valence-electron chi connectivity index (χ0n) is 13.8. The third-order valence-electron chi connectivity index (χ3n) is 4.57. The Morgan fingerprint density at radius 2 is 2.12 bits per heavy atom. The number of hydrogen-bond donors (Lipinski definition) is 2. The number of rotatable bonds is 5. The molecule has 1 heterocycles. The highest BCUT2D eigenvalue weighted by Crippen LogP contribution is 2.44. The molecular formula is C20H18BrNO3. The molecular weight excluding hydrogens is 382 g/mol. The highest BCUT2D eigenvalue weighted by molar-refractivity contribution is 9.10. The summed E-state index contributed by atoms with van der Waals surface area (Å²) in [5.41, 5.74) is 4.15. The molecule has 0 unspecified atom stereocenters. The molecule has 4 nitrogen and oxygen atoms in total. The summed E-state index contributed by atoms with van der Waals surface area (Å²) in [5.74, 6) is 1.33. The van der Waals surface area contributed by atoms with Crippen LogP contribution in [0.25, 0.3) is 10.9 Å².